The summed E-state index contributed by atoms with van der Waals surface area (Å²) in [5, 5.41) is 11.9. The van der Waals surface area contributed by atoms with Crippen LogP contribution in [0.15, 0.2) is 24.3 Å². The second-order valence-electron chi connectivity index (χ2n) is 3.62. The molecular formula is C11H13NO3. The van der Waals surface area contributed by atoms with Crippen molar-refractivity contribution in [3.05, 3.63) is 35.4 Å². The van der Waals surface area contributed by atoms with Crippen LogP contribution in [0.2, 0.25) is 0 Å². The Morgan fingerprint density at radius 3 is 2.60 bits per heavy atom. The van der Waals surface area contributed by atoms with Crippen LogP contribution in [-0.4, -0.2) is 17.7 Å². The van der Waals surface area contributed by atoms with E-state index in [4.69, 9.17) is 4.74 Å². The molecule has 1 heterocycles. The number of hydrogen-bond donors (Lipinski definition) is 2. The predicted octanol–water partition coefficient (Wildman–Crippen LogP) is 1.52. The van der Waals surface area contributed by atoms with Gasteiger partial charge in [0.25, 0.3) is 0 Å². The van der Waals surface area contributed by atoms with Crippen molar-refractivity contribution in [2.24, 2.45) is 0 Å². The monoisotopic (exact) mass is 207 g/mol. The lowest BCUT2D eigenvalue weighted by atomic mass is 10.0. The van der Waals surface area contributed by atoms with Crippen LogP contribution in [0, 0.1) is 0 Å². The molecule has 1 saturated heterocycles. The zero-order valence-corrected chi connectivity index (χ0v) is 8.43. The van der Waals surface area contributed by atoms with Crippen molar-refractivity contribution in [1.29, 1.82) is 0 Å². The molecule has 80 valence electrons. The fourth-order valence-corrected chi connectivity index (χ4v) is 1.56. The second-order valence-corrected chi connectivity index (χ2v) is 3.62. The van der Waals surface area contributed by atoms with Crippen molar-refractivity contribution in [3.8, 4) is 0 Å². The first kappa shape index (κ1) is 9.98. The standard InChI is InChI=1S/C11H13NO3/c1-7(13)8-2-4-9(5-3-8)10-6-12-11(14)15-10/h2-5,7,10,13H,6H2,1H3,(H,12,14). The zero-order chi connectivity index (χ0) is 10.8. The van der Waals surface area contributed by atoms with E-state index in [1.807, 2.05) is 24.3 Å². The molecule has 1 aromatic rings. The molecule has 1 aromatic carbocycles. The lowest BCUT2D eigenvalue weighted by Crippen LogP contribution is -2.12. The Morgan fingerprint density at radius 1 is 1.47 bits per heavy atom. The summed E-state index contributed by atoms with van der Waals surface area (Å²) < 4.78 is 5.04. The third-order valence-electron chi connectivity index (χ3n) is 2.47. The van der Waals surface area contributed by atoms with Gasteiger partial charge >= 0.3 is 6.09 Å². The summed E-state index contributed by atoms with van der Waals surface area (Å²) in [5.74, 6) is 0. The van der Waals surface area contributed by atoms with E-state index in [1.165, 1.54) is 0 Å². The number of ether oxygens (including phenoxy) is 1. The molecule has 0 spiro atoms. The van der Waals surface area contributed by atoms with Gasteiger partial charge in [-0.15, -0.1) is 0 Å². The van der Waals surface area contributed by atoms with E-state index in [1.54, 1.807) is 6.92 Å². The first-order chi connectivity index (χ1) is 7.16. The smallest absolute Gasteiger partial charge is 0.407 e. The number of hydrogen-bond acceptors (Lipinski definition) is 3. The van der Waals surface area contributed by atoms with Gasteiger partial charge < -0.3 is 15.2 Å². The summed E-state index contributed by atoms with van der Waals surface area (Å²) in [6.07, 6.45) is -1.05. The maximum absolute atomic E-state index is 10.8. The van der Waals surface area contributed by atoms with Gasteiger partial charge in [0.2, 0.25) is 0 Å². The number of aliphatic hydroxyl groups is 1. The minimum atomic E-state index is -0.469. The largest absolute Gasteiger partial charge is 0.439 e. The van der Waals surface area contributed by atoms with Gasteiger partial charge in [0, 0.05) is 0 Å². The van der Waals surface area contributed by atoms with Gasteiger partial charge in [-0.05, 0) is 18.1 Å². The molecule has 15 heavy (non-hydrogen) atoms. The van der Waals surface area contributed by atoms with Crippen LogP contribution in [0.25, 0.3) is 0 Å². The number of rotatable bonds is 2. The van der Waals surface area contributed by atoms with Gasteiger partial charge in [0.05, 0.1) is 12.6 Å². The molecule has 0 aromatic heterocycles. The van der Waals surface area contributed by atoms with Gasteiger partial charge in [-0.2, -0.15) is 0 Å². The molecule has 0 bridgehead atoms. The molecule has 1 aliphatic heterocycles. The van der Waals surface area contributed by atoms with Crippen LogP contribution in [0.5, 0.6) is 0 Å². The quantitative estimate of drug-likeness (QED) is 0.773. The van der Waals surface area contributed by atoms with Crippen LogP contribution in [-0.2, 0) is 4.74 Å². The SMILES string of the molecule is CC(O)c1ccc(C2CNC(=O)O2)cc1. The molecule has 1 amide bonds. The highest BCUT2D eigenvalue weighted by Gasteiger charge is 2.23. The Hall–Kier alpha value is -1.55. The summed E-state index contributed by atoms with van der Waals surface area (Å²) in [4.78, 5) is 10.8. The molecule has 2 rings (SSSR count). The summed E-state index contributed by atoms with van der Waals surface area (Å²) in [6.45, 7) is 2.22. The van der Waals surface area contributed by atoms with Crippen LogP contribution >= 0.6 is 0 Å². The van der Waals surface area contributed by atoms with Crippen molar-refractivity contribution in [1.82, 2.24) is 5.32 Å². The molecular weight excluding hydrogens is 194 g/mol. The third-order valence-corrected chi connectivity index (χ3v) is 2.47. The highest BCUT2D eigenvalue weighted by Crippen LogP contribution is 2.22. The highest BCUT2D eigenvalue weighted by molar-refractivity contribution is 5.69. The molecule has 4 heteroatoms. The maximum Gasteiger partial charge on any atom is 0.407 e. The van der Waals surface area contributed by atoms with Gasteiger partial charge in [0.15, 0.2) is 0 Å². The van der Waals surface area contributed by atoms with Crippen molar-refractivity contribution in [2.75, 3.05) is 6.54 Å². The topological polar surface area (TPSA) is 58.6 Å². The van der Waals surface area contributed by atoms with Crippen LogP contribution < -0.4 is 5.32 Å². The number of cyclic esters (lactones) is 1. The summed E-state index contributed by atoms with van der Waals surface area (Å²) in [7, 11) is 0. The van der Waals surface area contributed by atoms with E-state index in [0.717, 1.165) is 11.1 Å². The molecule has 4 nitrogen and oxygen atoms in total. The first-order valence-corrected chi connectivity index (χ1v) is 4.89. The van der Waals surface area contributed by atoms with Crippen LogP contribution in [0.1, 0.15) is 30.3 Å². The first-order valence-electron chi connectivity index (χ1n) is 4.89. The zero-order valence-electron chi connectivity index (χ0n) is 8.43. The average Bonchev–Trinajstić information content (AvgIpc) is 2.65. The molecule has 1 fully saturated rings. The number of benzene rings is 1. The molecule has 0 radical (unpaired) electrons. The minimum Gasteiger partial charge on any atom is -0.439 e. The highest BCUT2D eigenvalue weighted by atomic mass is 16.6. The fourth-order valence-electron chi connectivity index (χ4n) is 1.56. The minimum absolute atomic E-state index is 0.208. The Balaban J connectivity index is 2.13. The molecule has 0 aliphatic carbocycles. The van der Waals surface area contributed by atoms with Crippen molar-refractivity contribution >= 4 is 6.09 Å². The number of aliphatic hydroxyl groups excluding tert-OH is 1. The molecule has 2 N–H and O–H groups in total. The van der Waals surface area contributed by atoms with E-state index in [9.17, 15) is 9.90 Å². The number of carbonyl (C=O) groups is 1. The van der Waals surface area contributed by atoms with E-state index in [-0.39, 0.29) is 12.2 Å². The summed E-state index contributed by atoms with van der Waals surface area (Å²) >= 11 is 0. The lowest BCUT2D eigenvalue weighted by molar-refractivity contribution is 0.141. The number of alkyl carbamates (subject to hydrolysis) is 1. The van der Waals surface area contributed by atoms with Gasteiger partial charge in [-0.25, -0.2) is 4.79 Å². The van der Waals surface area contributed by atoms with Gasteiger partial charge in [0.1, 0.15) is 6.10 Å². The normalized spacial score (nSPS) is 22.0. The summed E-state index contributed by atoms with van der Waals surface area (Å²) in [6, 6.07) is 7.41. The number of amides is 1. The van der Waals surface area contributed by atoms with Gasteiger partial charge in [-0.1, -0.05) is 24.3 Å². The van der Waals surface area contributed by atoms with Gasteiger partial charge in [-0.3, -0.25) is 0 Å². The molecule has 2 unspecified atom stereocenters. The lowest BCUT2D eigenvalue weighted by Gasteiger charge is -2.09. The third kappa shape index (κ3) is 2.10. The molecule has 2 atom stereocenters. The average molecular weight is 207 g/mol. The number of nitrogens with one attached hydrogen (secondary N) is 1. The molecule has 0 saturated carbocycles. The van der Waals surface area contributed by atoms with E-state index >= 15 is 0 Å². The Morgan fingerprint density at radius 2 is 2.13 bits per heavy atom. The van der Waals surface area contributed by atoms with Crippen molar-refractivity contribution in [3.63, 3.8) is 0 Å². The summed E-state index contributed by atoms with van der Waals surface area (Å²) in [5.41, 5.74) is 1.80. The predicted molar refractivity (Wildman–Crippen MR) is 54.3 cm³/mol. The second kappa shape index (κ2) is 3.90. The van der Waals surface area contributed by atoms with E-state index < -0.39 is 6.10 Å². The maximum atomic E-state index is 10.8. The van der Waals surface area contributed by atoms with E-state index in [0.29, 0.717) is 6.54 Å². The van der Waals surface area contributed by atoms with Crippen molar-refractivity contribution in [2.45, 2.75) is 19.1 Å². The van der Waals surface area contributed by atoms with E-state index in [2.05, 4.69) is 5.32 Å². The Bertz CT molecular complexity index is 359. The number of carbonyl (C=O) groups excluding carboxylic acids is 1. The molecule has 1 aliphatic rings. The van der Waals surface area contributed by atoms with Crippen molar-refractivity contribution < 1.29 is 14.6 Å². The van der Waals surface area contributed by atoms with Crippen LogP contribution in [0.3, 0.4) is 0 Å². The van der Waals surface area contributed by atoms with Crippen LogP contribution in [0.4, 0.5) is 4.79 Å². The Labute approximate surface area is 87.9 Å². The Kier molecular flexibility index (Phi) is 2.60. The fraction of sp³-hybridized carbons (Fsp3) is 0.364.